The second kappa shape index (κ2) is 4.45. The molecule has 7 heteroatoms. The molecule has 19 heavy (non-hydrogen) atoms. The minimum atomic E-state index is -1.08. The molecule has 0 aliphatic carbocycles. The highest BCUT2D eigenvalue weighted by Crippen LogP contribution is 2.12. The third kappa shape index (κ3) is 2.13. The van der Waals surface area contributed by atoms with Gasteiger partial charge in [-0.15, -0.1) is 0 Å². The molecule has 0 spiro atoms. The Morgan fingerprint density at radius 2 is 2.37 bits per heavy atom. The van der Waals surface area contributed by atoms with Crippen LogP contribution in [0.25, 0.3) is 5.65 Å². The summed E-state index contributed by atoms with van der Waals surface area (Å²) in [5.74, 6) is 0.340. The number of nitrogens with zero attached hydrogens (tertiary/aromatic N) is 3. The molecule has 0 radical (unpaired) electrons. The van der Waals surface area contributed by atoms with E-state index in [1.54, 1.807) is 24.6 Å². The molecule has 0 aliphatic rings. The first kappa shape index (κ1) is 11.3. The van der Waals surface area contributed by atoms with E-state index >= 15 is 0 Å². The Bertz CT molecular complexity index is 718. The first-order valence-corrected chi connectivity index (χ1v) is 5.58. The Morgan fingerprint density at radius 1 is 1.47 bits per heavy atom. The van der Waals surface area contributed by atoms with Crippen LogP contribution in [0.15, 0.2) is 41.1 Å². The number of furan rings is 1. The molecule has 3 aromatic rings. The lowest BCUT2D eigenvalue weighted by Gasteiger charge is -2.05. The second-order valence-electron chi connectivity index (χ2n) is 3.87. The van der Waals surface area contributed by atoms with Crippen molar-refractivity contribution in [1.82, 2.24) is 14.6 Å². The van der Waals surface area contributed by atoms with E-state index in [-0.39, 0.29) is 5.69 Å². The van der Waals surface area contributed by atoms with Crippen molar-refractivity contribution < 1.29 is 14.3 Å². The molecule has 96 valence electrons. The molecule has 2 N–H and O–H groups in total. The van der Waals surface area contributed by atoms with Gasteiger partial charge in [-0.1, -0.05) is 0 Å². The maximum atomic E-state index is 10.9. The third-order valence-corrected chi connectivity index (χ3v) is 2.60. The summed E-state index contributed by atoms with van der Waals surface area (Å²) < 4.78 is 6.66. The van der Waals surface area contributed by atoms with Crippen molar-refractivity contribution in [2.45, 2.75) is 6.54 Å². The average Bonchev–Trinajstić information content (AvgIpc) is 3.05. The van der Waals surface area contributed by atoms with Gasteiger partial charge in [0.2, 0.25) is 0 Å². The summed E-state index contributed by atoms with van der Waals surface area (Å²) in [5.41, 5.74) is 0.432. The van der Waals surface area contributed by atoms with Crippen LogP contribution >= 0.6 is 0 Å². The van der Waals surface area contributed by atoms with Gasteiger partial charge in [0, 0.05) is 12.3 Å². The van der Waals surface area contributed by atoms with E-state index in [1.807, 2.05) is 6.07 Å². The zero-order chi connectivity index (χ0) is 13.2. The fraction of sp³-hybridized carbons (Fsp3) is 0.0833. The normalized spacial score (nSPS) is 10.7. The number of nitrogens with one attached hydrogen (secondary N) is 1. The fourth-order valence-corrected chi connectivity index (χ4v) is 1.72. The Morgan fingerprint density at radius 3 is 3.11 bits per heavy atom. The zero-order valence-electron chi connectivity index (χ0n) is 9.78. The molecule has 0 amide bonds. The number of aromatic nitrogens is 3. The van der Waals surface area contributed by atoms with Crippen LogP contribution in [-0.2, 0) is 6.54 Å². The molecular weight excluding hydrogens is 248 g/mol. The number of anilines is 1. The molecular formula is C12H10N4O3. The molecule has 3 rings (SSSR count). The standard InChI is InChI=1S/C12H10N4O3/c17-12(18)9-6-11-13-4-3-10(16(11)15-9)14-7-8-2-1-5-19-8/h1-6,14H,7H2,(H,17,18). The van der Waals surface area contributed by atoms with E-state index in [9.17, 15) is 4.79 Å². The van der Waals surface area contributed by atoms with Gasteiger partial charge in [0.1, 0.15) is 11.6 Å². The number of rotatable bonds is 4. The van der Waals surface area contributed by atoms with Gasteiger partial charge in [0.05, 0.1) is 12.8 Å². The summed E-state index contributed by atoms with van der Waals surface area (Å²) in [4.78, 5) is 15.0. The number of carbonyl (C=O) groups is 1. The SMILES string of the molecule is O=C(O)c1cc2nccc(NCc3ccco3)n2n1. The Balaban J connectivity index is 1.92. The number of carboxylic acid groups (broad SMARTS) is 1. The Labute approximate surface area is 107 Å². The van der Waals surface area contributed by atoms with Gasteiger partial charge >= 0.3 is 5.97 Å². The van der Waals surface area contributed by atoms with E-state index in [1.165, 1.54) is 10.6 Å². The van der Waals surface area contributed by atoms with Gasteiger partial charge in [0.15, 0.2) is 11.3 Å². The van der Waals surface area contributed by atoms with Crippen molar-refractivity contribution >= 4 is 17.4 Å². The lowest BCUT2D eigenvalue weighted by atomic mass is 10.4. The van der Waals surface area contributed by atoms with Crippen molar-refractivity contribution in [3.63, 3.8) is 0 Å². The van der Waals surface area contributed by atoms with Crippen LogP contribution < -0.4 is 5.32 Å². The Hall–Kier alpha value is -2.83. The van der Waals surface area contributed by atoms with E-state index in [2.05, 4.69) is 15.4 Å². The highest BCUT2D eigenvalue weighted by molar-refractivity contribution is 5.86. The first-order chi connectivity index (χ1) is 9.24. The lowest BCUT2D eigenvalue weighted by molar-refractivity contribution is 0.0690. The van der Waals surface area contributed by atoms with Crippen LogP contribution in [0.1, 0.15) is 16.2 Å². The molecule has 3 aromatic heterocycles. The number of hydrogen-bond donors (Lipinski definition) is 2. The average molecular weight is 258 g/mol. The van der Waals surface area contributed by atoms with Crippen LogP contribution in [0.4, 0.5) is 5.82 Å². The van der Waals surface area contributed by atoms with Gasteiger partial charge in [-0.25, -0.2) is 9.78 Å². The number of aromatic carboxylic acids is 1. The molecule has 0 aliphatic heterocycles. The van der Waals surface area contributed by atoms with Crippen molar-refractivity contribution in [2.75, 3.05) is 5.32 Å². The summed E-state index contributed by atoms with van der Waals surface area (Å²) >= 11 is 0. The van der Waals surface area contributed by atoms with Gasteiger partial charge in [-0.3, -0.25) is 0 Å². The molecule has 0 saturated carbocycles. The Kier molecular flexibility index (Phi) is 2.64. The molecule has 3 heterocycles. The number of carboxylic acids is 1. The summed E-state index contributed by atoms with van der Waals surface area (Å²) in [6, 6.07) is 6.78. The van der Waals surface area contributed by atoms with E-state index in [0.29, 0.717) is 18.0 Å². The van der Waals surface area contributed by atoms with Crippen molar-refractivity contribution in [1.29, 1.82) is 0 Å². The molecule has 0 bridgehead atoms. The quantitative estimate of drug-likeness (QED) is 0.738. The monoisotopic (exact) mass is 258 g/mol. The number of hydrogen-bond acceptors (Lipinski definition) is 5. The first-order valence-electron chi connectivity index (χ1n) is 5.58. The summed E-state index contributed by atoms with van der Waals surface area (Å²) in [6.07, 6.45) is 3.18. The van der Waals surface area contributed by atoms with Gasteiger partial charge < -0.3 is 14.8 Å². The van der Waals surface area contributed by atoms with E-state index in [0.717, 1.165) is 5.76 Å². The fourth-order valence-electron chi connectivity index (χ4n) is 1.72. The highest BCUT2D eigenvalue weighted by atomic mass is 16.4. The van der Waals surface area contributed by atoms with Gasteiger partial charge in [-0.05, 0) is 18.2 Å². The molecule has 0 unspecified atom stereocenters. The minimum Gasteiger partial charge on any atom is -0.476 e. The maximum Gasteiger partial charge on any atom is 0.356 e. The largest absolute Gasteiger partial charge is 0.476 e. The zero-order valence-corrected chi connectivity index (χ0v) is 9.78. The second-order valence-corrected chi connectivity index (χ2v) is 3.87. The van der Waals surface area contributed by atoms with E-state index < -0.39 is 5.97 Å². The third-order valence-electron chi connectivity index (χ3n) is 2.60. The molecule has 0 saturated heterocycles. The number of fused-ring (bicyclic) bond motifs is 1. The topological polar surface area (TPSA) is 92.7 Å². The summed E-state index contributed by atoms with van der Waals surface area (Å²) in [6.45, 7) is 0.481. The van der Waals surface area contributed by atoms with E-state index in [4.69, 9.17) is 9.52 Å². The maximum absolute atomic E-state index is 10.9. The molecule has 0 atom stereocenters. The predicted molar refractivity (Wildman–Crippen MR) is 66.0 cm³/mol. The summed E-state index contributed by atoms with van der Waals surface area (Å²) in [5, 5.41) is 16.0. The van der Waals surface area contributed by atoms with Crippen LogP contribution in [0.2, 0.25) is 0 Å². The summed E-state index contributed by atoms with van der Waals surface area (Å²) in [7, 11) is 0. The van der Waals surface area contributed by atoms with Crippen molar-refractivity contribution in [3.8, 4) is 0 Å². The van der Waals surface area contributed by atoms with Crippen molar-refractivity contribution in [3.05, 3.63) is 48.2 Å². The van der Waals surface area contributed by atoms with Crippen molar-refractivity contribution in [2.24, 2.45) is 0 Å². The molecule has 0 aromatic carbocycles. The van der Waals surface area contributed by atoms with Crippen LogP contribution in [-0.4, -0.2) is 25.7 Å². The van der Waals surface area contributed by atoms with Gasteiger partial charge in [0.25, 0.3) is 0 Å². The van der Waals surface area contributed by atoms with Crippen LogP contribution in [0, 0.1) is 0 Å². The molecule has 7 nitrogen and oxygen atoms in total. The van der Waals surface area contributed by atoms with Gasteiger partial charge in [-0.2, -0.15) is 9.61 Å². The lowest BCUT2D eigenvalue weighted by Crippen LogP contribution is -2.06. The predicted octanol–water partition coefficient (Wildman–Crippen LogP) is 1.63. The molecule has 0 fully saturated rings. The highest BCUT2D eigenvalue weighted by Gasteiger charge is 2.11. The van der Waals surface area contributed by atoms with Crippen LogP contribution in [0.3, 0.4) is 0 Å². The minimum absolute atomic E-state index is 0.0419. The van der Waals surface area contributed by atoms with Crippen LogP contribution in [0.5, 0.6) is 0 Å². The smallest absolute Gasteiger partial charge is 0.356 e.